The van der Waals surface area contributed by atoms with E-state index in [0.29, 0.717) is 26.2 Å². The second-order valence-corrected chi connectivity index (χ2v) is 3.81. The first kappa shape index (κ1) is 14.6. The molecule has 0 aliphatic carbocycles. The zero-order valence-electron chi connectivity index (χ0n) is 10.8. The lowest BCUT2D eigenvalue weighted by atomic mass is 10.4. The molecule has 1 rings (SSSR count). The van der Waals surface area contributed by atoms with Crippen molar-refractivity contribution in [2.75, 3.05) is 33.4 Å². The molecular weight excluding hydrogens is 234 g/mol. The summed E-state index contributed by atoms with van der Waals surface area (Å²) in [7, 11) is 1.64. The number of ether oxygens (including phenoxy) is 1. The van der Waals surface area contributed by atoms with Gasteiger partial charge >= 0.3 is 0 Å². The lowest BCUT2D eigenvalue weighted by Crippen LogP contribution is -2.25. The smallest absolute Gasteiger partial charge is 0.221 e. The molecule has 1 aromatic rings. The van der Waals surface area contributed by atoms with Crippen LogP contribution in [0.4, 0.5) is 0 Å². The van der Waals surface area contributed by atoms with Crippen molar-refractivity contribution in [3.05, 3.63) is 12.4 Å². The summed E-state index contributed by atoms with van der Waals surface area (Å²) in [5.74, 6) is 0.0617. The zero-order chi connectivity index (χ0) is 13.1. The Morgan fingerprint density at radius 3 is 3.00 bits per heavy atom. The van der Waals surface area contributed by atoms with Gasteiger partial charge in [0.05, 0.1) is 19.3 Å². The molecule has 0 unspecified atom stereocenters. The van der Waals surface area contributed by atoms with Crippen LogP contribution in [0.25, 0.3) is 0 Å². The van der Waals surface area contributed by atoms with E-state index in [1.165, 1.54) is 0 Å². The molecule has 1 aromatic heterocycles. The molecule has 0 aliphatic rings. The number of amides is 1. The van der Waals surface area contributed by atoms with Crippen LogP contribution in [0.3, 0.4) is 0 Å². The highest BCUT2D eigenvalue weighted by molar-refractivity contribution is 5.75. The van der Waals surface area contributed by atoms with E-state index in [1.807, 2.05) is 6.20 Å². The topological polar surface area (TPSA) is 81.1 Å². The predicted octanol–water partition coefficient (Wildman–Crippen LogP) is -0.589. The first-order valence-electron chi connectivity index (χ1n) is 6.16. The fourth-order valence-corrected chi connectivity index (χ4v) is 1.36. The molecule has 2 N–H and O–H groups in total. The minimum atomic E-state index is 0.0617. The van der Waals surface area contributed by atoms with Crippen LogP contribution in [0.5, 0.6) is 0 Å². The number of carbonyl (C=O) groups excluding carboxylic acids is 1. The van der Waals surface area contributed by atoms with Crippen molar-refractivity contribution in [1.29, 1.82) is 0 Å². The highest BCUT2D eigenvalue weighted by Gasteiger charge is 1.96. The third-order valence-corrected chi connectivity index (χ3v) is 2.39. The summed E-state index contributed by atoms with van der Waals surface area (Å²) < 4.78 is 7.19. The summed E-state index contributed by atoms with van der Waals surface area (Å²) in [6.07, 6.45) is 4.91. The van der Waals surface area contributed by atoms with E-state index in [1.54, 1.807) is 17.9 Å². The second-order valence-electron chi connectivity index (χ2n) is 3.81. The van der Waals surface area contributed by atoms with Gasteiger partial charge < -0.3 is 15.4 Å². The van der Waals surface area contributed by atoms with Crippen molar-refractivity contribution in [3.8, 4) is 0 Å². The van der Waals surface area contributed by atoms with Gasteiger partial charge in [-0.05, 0) is 13.0 Å². The monoisotopic (exact) mass is 255 g/mol. The minimum absolute atomic E-state index is 0.0617. The van der Waals surface area contributed by atoms with E-state index in [0.717, 1.165) is 19.5 Å². The molecule has 1 heterocycles. The lowest BCUT2D eigenvalue weighted by molar-refractivity contribution is -0.120. The third-order valence-electron chi connectivity index (χ3n) is 2.39. The van der Waals surface area contributed by atoms with Gasteiger partial charge in [0.2, 0.25) is 5.91 Å². The molecule has 0 aromatic carbocycles. The standard InChI is InChI=1S/C11H21N5O2/c1-12-11(17)3-5-13-4-2-9-18-10-8-16-7-6-14-15-16/h6-7,13H,2-5,8-10H2,1H3,(H,12,17). The van der Waals surface area contributed by atoms with Gasteiger partial charge in [-0.1, -0.05) is 5.21 Å². The SMILES string of the molecule is CNC(=O)CCNCCCOCCn1ccnn1. The number of aromatic nitrogens is 3. The van der Waals surface area contributed by atoms with Gasteiger partial charge in [-0.3, -0.25) is 9.48 Å². The van der Waals surface area contributed by atoms with Gasteiger partial charge in [-0.25, -0.2) is 0 Å². The Balaban J connectivity index is 1.80. The van der Waals surface area contributed by atoms with E-state index in [4.69, 9.17) is 4.74 Å². The molecule has 0 saturated heterocycles. The number of rotatable bonds is 10. The highest BCUT2D eigenvalue weighted by atomic mass is 16.5. The summed E-state index contributed by atoms with van der Waals surface area (Å²) in [5.41, 5.74) is 0. The molecule has 0 atom stereocenters. The van der Waals surface area contributed by atoms with Crippen LogP contribution in [0.1, 0.15) is 12.8 Å². The predicted molar refractivity (Wildman–Crippen MR) is 67.0 cm³/mol. The molecule has 0 radical (unpaired) electrons. The molecule has 0 saturated carbocycles. The highest BCUT2D eigenvalue weighted by Crippen LogP contribution is 1.86. The number of nitrogens with one attached hydrogen (secondary N) is 2. The van der Waals surface area contributed by atoms with Crippen LogP contribution >= 0.6 is 0 Å². The Morgan fingerprint density at radius 2 is 2.28 bits per heavy atom. The molecule has 0 aliphatic heterocycles. The van der Waals surface area contributed by atoms with Gasteiger partial charge in [-0.2, -0.15) is 0 Å². The average Bonchev–Trinajstić information content (AvgIpc) is 2.89. The van der Waals surface area contributed by atoms with E-state index in [9.17, 15) is 4.79 Å². The van der Waals surface area contributed by atoms with Crippen LogP contribution in [0.15, 0.2) is 12.4 Å². The maximum atomic E-state index is 10.9. The number of hydrogen-bond acceptors (Lipinski definition) is 5. The van der Waals surface area contributed by atoms with Crippen molar-refractivity contribution >= 4 is 5.91 Å². The van der Waals surface area contributed by atoms with Crippen molar-refractivity contribution in [2.24, 2.45) is 0 Å². The van der Waals surface area contributed by atoms with Gasteiger partial charge in [0.25, 0.3) is 0 Å². The number of hydrogen-bond donors (Lipinski definition) is 2. The Morgan fingerprint density at radius 1 is 1.39 bits per heavy atom. The zero-order valence-corrected chi connectivity index (χ0v) is 10.8. The van der Waals surface area contributed by atoms with Crippen molar-refractivity contribution in [2.45, 2.75) is 19.4 Å². The summed E-state index contributed by atoms with van der Waals surface area (Å²) >= 11 is 0. The lowest BCUT2D eigenvalue weighted by Gasteiger charge is -2.05. The van der Waals surface area contributed by atoms with Crippen molar-refractivity contribution in [3.63, 3.8) is 0 Å². The molecule has 102 valence electrons. The molecular formula is C11H21N5O2. The Bertz CT molecular complexity index is 315. The molecule has 7 heteroatoms. The van der Waals surface area contributed by atoms with Gasteiger partial charge in [0, 0.05) is 32.8 Å². The molecule has 18 heavy (non-hydrogen) atoms. The third kappa shape index (κ3) is 6.97. The van der Waals surface area contributed by atoms with Gasteiger partial charge in [0.15, 0.2) is 0 Å². The molecule has 0 spiro atoms. The molecule has 0 fully saturated rings. The Hall–Kier alpha value is -1.47. The maximum Gasteiger partial charge on any atom is 0.221 e. The quantitative estimate of drug-likeness (QED) is 0.546. The van der Waals surface area contributed by atoms with Crippen molar-refractivity contribution < 1.29 is 9.53 Å². The summed E-state index contributed by atoms with van der Waals surface area (Å²) in [4.78, 5) is 10.9. The van der Waals surface area contributed by atoms with Crippen molar-refractivity contribution in [1.82, 2.24) is 25.6 Å². The van der Waals surface area contributed by atoms with Crippen LogP contribution in [0, 0.1) is 0 Å². The Kier molecular flexibility index (Phi) is 7.74. The fraction of sp³-hybridized carbons (Fsp3) is 0.727. The Labute approximate surface area is 107 Å². The second kappa shape index (κ2) is 9.55. The van der Waals surface area contributed by atoms with E-state index in [-0.39, 0.29) is 5.91 Å². The largest absolute Gasteiger partial charge is 0.379 e. The van der Waals surface area contributed by atoms with Gasteiger partial charge in [0.1, 0.15) is 0 Å². The van der Waals surface area contributed by atoms with Crippen LogP contribution in [-0.4, -0.2) is 54.3 Å². The first-order chi connectivity index (χ1) is 8.83. The summed E-state index contributed by atoms with van der Waals surface area (Å²) in [5, 5.41) is 13.3. The van der Waals surface area contributed by atoms with Crippen LogP contribution < -0.4 is 10.6 Å². The van der Waals surface area contributed by atoms with Gasteiger partial charge in [-0.15, -0.1) is 5.10 Å². The average molecular weight is 255 g/mol. The molecule has 1 amide bonds. The van der Waals surface area contributed by atoms with E-state index >= 15 is 0 Å². The van der Waals surface area contributed by atoms with Crippen LogP contribution in [0.2, 0.25) is 0 Å². The van der Waals surface area contributed by atoms with E-state index in [2.05, 4.69) is 20.9 Å². The number of nitrogens with zero attached hydrogens (tertiary/aromatic N) is 3. The van der Waals surface area contributed by atoms with E-state index < -0.39 is 0 Å². The summed E-state index contributed by atoms with van der Waals surface area (Å²) in [6, 6.07) is 0. The fourth-order valence-electron chi connectivity index (χ4n) is 1.36. The maximum absolute atomic E-state index is 10.9. The normalized spacial score (nSPS) is 10.5. The van der Waals surface area contributed by atoms with Crippen LogP contribution in [-0.2, 0) is 16.1 Å². The molecule has 7 nitrogen and oxygen atoms in total. The first-order valence-corrected chi connectivity index (χ1v) is 6.16. The number of carbonyl (C=O) groups is 1. The minimum Gasteiger partial charge on any atom is -0.379 e. The molecule has 0 bridgehead atoms. The summed E-state index contributed by atoms with van der Waals surface area (Å²) in [6.45, 7) is 3.65.